The summed E-state index contributed by atoms with van der Waals surface area (Å²) >= 11 is 3.34. The number of hydrogen-bond donors (Lipinski definition) is 1. The van der Waals surface area contributed by atoms with Gasteiger partial charge in [0.15, 0.2) is 0 Å². The van der Waals surface area contributed by atoms with Gasteiger partial charge in [0.05, 0.1) is 0 Å². The minimum atomic E-state index is -0.127. The molecule has 1 rings (SSSR count). The first-order chi connectivity index (χ1) is 6.63. The van der Waals surface area contributed by atoms with E-state index >= 15 is 0 Å². The second-order valence-electron chi connectivity index (χ2n) is 3.40. The highest BCUT2D eigenvalue weighted by atomic mass is 79.9. The molecule has 0 amide bonds. The maximum absolute atomic E-state index is 13.3. The van der Waals surface area contributed by atoms with Crippen LogP contribution in [0.1, 0.15) is 19.4 Å². The van der Waals surface area contributed by atoms with Crippen LogP contribution in [-0.4, -0.2) is 12.6 Å². The van der Waals surface area contributed by atoms with E-state index < -0.39 is 0 Å². The molecule has 0 spiro atoms. The van der Waals surface area contributed by atoms with E-state index in [0.29, 0.717) is 6.04 Å². The van der Waals surface area contributed by atoms with Crippen LogP contribution >= 0.6 is 15.9 Å². The lowest BCUT2D eigenvalue weighted by Crippen LogP contribution is -2.27. The smallest absolute Gasteiger partial charge is 0.126 e. The van der Waals surface area contributed by atoms with Gasteiger partial charge in [0.1, 0.15) is 5.82 Å². The van der Waals surface area contributed by atoms with Crippen molar-refractivity contribution in [2.24, 2.45) is 0 Å². The normalized spacial score (nSPS) is 12.9. The molecule has 14 heavy (non-hydrogen) atoms. The molecule has 1 nitrogen and oxygen atoms in total. The molecule has 0 saturated heterocycles. The summed E-state index contributed by atoms with van der Waals surface area (Å²) in [4.78, 5) is 0. The summed E-state index contributed by atoms with van der Waals surface area (Å²) in [5.74, 6) is -0.127. The van der Waals surface area contributed by atoms with Gasteiger partial charge in [-0.3, -0.25) is 0 Å². The van der Waals surface area contributed by atoms with Gasteiger partial charge in [-0.25, -0.2) is 4.39 Å². The minimum absolute atomic E-state index is 0.127. The molecular weight excluding hydrogens is 245 g/mol. The van der Waals surface area contributed by atoms with E-state index in [1.54, 1.807) is 6.07 Å². The van der Waals surface area contributed by atoms with Crippen LogP contribution in [-0.2, 0) is 6.42 Å². The van der Waals surface area contributed by atoms with Crippen LogP contribution in [0.15, 0.2) is 22.7 Å². The first-order valence-corrected chi connectivity index (χ1v) is 5.60. The maximum Gasteiger partial charge on any atom is 0.126 e. The monoisotopic (exact) mass is 259 g/mol. The number of hydrogen-bond acceptors (Lipinski definition) is 1. The lowest BCUT2D eigenvalue weighted by Gasteiger charge is -2.12. The Morgan fingerprint density at radius 3 is 2.86 bits per heavy atom. The lowest BCUT2D eigenvalue weighted by atomic mass is 10.1. The van der Waals surface area contributed by atoms with E-state index in [2.05, 4.69) is 28.2 Å². The molecule has 1 N–H and O–H groups in total. The zero-order chi connectivity index (χ0) is 10.6. The van der Waals surface area contributed by atoms with Gasteiger partial charge in [0.2, 0.25) is 0 Å². The van der Waals surface area contributed by atoms with Gasteiger partial charge < -0.3 is 5.32 Å². The predicted molar refractivity (Wildman–Crippen MR) is 60.9 cm³/mol. The third-order valence-corrected chi connectivity index (χ3v) is 2.58. The fourth-order valence-corrected chi connectivity index (χ4v) is 1.86. The molecule has 1 unspecified atom stereocenters. The molecule has 0 bridgehead atoms. The number of rotatable bonds is 4. The average Bonchev–Trinajstić information content (AvgIpc) is 2.12. The summed E-state index contributed by atoms with van der Waals surface area (Å²) in [5, 5.41) is 3.26. The van der Waals surface area contributed by atoms with E-state index in [-0.39, 0.29) is 5.82 Å². The van der Waals surface area contributed by atoms with Crippen LogP contribution in [0.3, 0.4) is 0 Å². The van der Waals surface area contributed by atoms with Crippen molar-refractivity contribution in [2.45, 2.75) is 26.3 Å². The fraction of sp³-hybridized carbons (Fsp3) is 0.455. The second kappa shape index (κ2) is 5.47. The van der Waals surface area contributed by atoms with Crippen molar-refractivity contribution in [3.63, 3.8) is 0 Å². The van der Waals surface area contributed by atoms with Gasteiger partial charge in [-0.05, 0) is 43.7 Å². The summed E-state index contributed by atoms with van der Waals surface area (Å²) < 4.78 is 14.2. The molecule has 1 aromatic carbocycles. The van der Waals surface area contributed by atoms with Crippen molar-refractivity contribution in [1.29, 1.82) is 0 Å². The Morgan fingerprint density at radius 2 is 2.21 bits per heavy atom. The average molecular weight is 260 g/mol. The highest BCUT2D eigenvalue weighted by Gasteiger charge is 2.07. The van der Waals surface area contributed by atoms with Crippen molar-refractivity contribution >= 4 is 15.9 Å². The molecule has 0 radical (unpaired) electrons. The molecule has 1 atom stereocenters. The molecule has 0 heterocycles. The zero-order valence-electron chi connectivity index (χ0n) is 8.48. The Labute approximate surface area is 92.8 Å². The van der Waals surface area contributed by atoms with Gasteiger partial charge in [0, 0.05) is 10.5 Å². The van der Waals surface area contributed by atoms with Gasteiger partial charge in [-0.15, -0.1) is 0 Å². The van der Waals surface area contributed by atoms with Crippen molar-refractivity contribution in [1.82, 2.24) is 5.32 Å². The highest BCUT2D eigenvalue weighted by molar-refractivity contribution is 9.10. The minimum Gasteiger partial charge on any atom is -0.314 e. The molecule has 0 saturated carbocycles. The van der Waals surface area contributed by atoms with Crippen LogP contribution in [0.4, 0.5) is 4.39 Å². The predicted octanol–water partition coefficient (Wildman–Crippen LogP) is 3.13. The fourth-order valence-electron chi connectivity index (χ4n) is 1.45. The van der Waals surface area contributed by atoms with Crippen LogP contribution in [0.5, 0.6) is 0 Å². The molecule has 3 heteroatoms. The summed E-state index contributed by atoms with van der Waals surface area (Å²) in [6.07, 6.45) is 0.721. The van der Waals surface area contributed by atoms with Crippen molar-refractivity contribution in [3.8, 4) is 0 Å². The van der Waals surface area contributed by atoms with E-state index in [0.717, 1.165) is 23.0 Å². The first kappa shape index (κ1) is 11.7. The molecule has 0 aliphatic carbocycles. The molecule has 78 valence electrons. The van der Waals surface area contributed by atoms with Crippen LogP contribution in [0, 0.1) is 5.82 Å². The Hall–Kier alpha value is -0.410. The zero-order valence-corrected chi connectivity index (χ0v) is 10.1. The van der Waals surface area contributed by atoms with E-state index in [1.165, 1.54) is 6.07 Å². The Balaban J connectivity index is 2.70. The Morgan fingerprint density at radius 1 is 1.50 bits per heavy atom. The number of halogens is 2. The van der Waals surface area contributed by atoms with Crippen molar-refractivity contribution < 1.29 is 4.39 Å². The molecule has 0 fully saturated rings. The summed E-state index contributed by atoms with van der Waals surface area (Å²) in [6.45, 7) is 5.02. The third-order valence-electron chi connectivity index (χ3n) is 2.09. The Bertz CT molecular complexity index is 301. The van der Waals surface area contributed by atoms with Crippen LogP contribution in [0.2, 0.25) is 0 Å². The standard InChI is InChI=1S/C11H15BrFN/c1-3-14-8(2)6-9-7-10(12)4-5-11(9)13/h4-5,7-8,14H,3,6H2,1-2H3. The highest BCUT2D eigenvalue weighted by Crippen LogP contribution is 2.16. The van der Waals surface area contributed by atoms with E-state index in [1.807, 2.05) is 13.0 Å². The molecule has 1 aromatic rings. The SMILES string of the molecule is CCNC(C)Cc1cc(Br)ccc1F. The summed E-state index contributed by atoms with van der Waals surface area (Å²) in [7, 11) is 0. The first-order valence-electron chi connectivity index (χ1n) is 4.80. The van der Waals surface area contributed by atoms with Crippen molar-refractivity contribution in [3.05, 3.63) is 34.1 Å². The van der Waals surface area contributed by atoms with Crippen LogP contribution < -0.4 is 5.32 Å². The second-order valence-corrected chi connectivity index (χ2v) is 4.31. The van der Waals surface area contributed by atoms with Gasteiger partial charge in [-0.1, -0.05) is 22.9 Å². The van der Waals surface area contributed by atoms with E-state index in [9.17, 15) is 4.39 Å². The Kier molecular flexibility index (Phi) is 4.55. The lowest BCUT2D eigenvalue weighted by molar-refractivity contribution is 0.540. The molecule has 0 aromatic heterocycles. The van der Waals surface area contributed by atoms with Crippen molar-refractivity contribution in [2.75, 3.05) is 6.54 Å². The topological polar surface area (TPSA) is 12.0 Å². The molecule has 0 aliphatic heterocycles. The summed E-state index contributed by atoms with van der Waals surface area (Å²) in [6, 6.07) is 5.36. The number of benzene rings is 1. The maximum atomic E-state index is 13.3. The third kappa shape index (κ3) is 3.39. The summed E-state index contributed by atoms with van der Waals surface area (Å²) in [5.41, 5.74) is 0.757. The quantitative estimate of drug-likeness (QED) is 0.877. The van der Waals surface area contributed by atoms with Gasteiger partial charge >= 0.3 is 0 Å². The molecule has 0 aliphatic rings. The van der Waals surface area contributed by atoms with Crippen LogP contribution in [0.25, 0.3) is 0 Å². The number of likely N-dealkylation sites (N-methyl/N-ethyl adjacent to an activating group) is 1. The van der Waals surface area contributed by atoms with Gasteiger partial charge in [0.25, 0.3) is 0 Å². The van der Waals surface area contributed by atoms with Gasteiger partial charge in [-0.2, -0.15) is 0 Å². The van der Waals surface area contributed by atoms with E-state index in [4.69, 9.17) is 0 Å². The molecular formula is C11H15BrFN. The number of nitrogens with one attached hydrogen (secondary N) is 1. The largest absolute Gasteiger partial charge is 0.314 e.